The van der Waals surface area contributed by atoms with Gasteiger partial charge in [-0.05, 0) is 75.8 Å². The summed E-state index contributed by atoms with van der Waals surface area (Å²) in [4.78, 5) is 14.2. The Bertz CT molecular complexity index is 1240. The molecule has 9 nitrogen and oxygen atoms in total. The van der Waals surface area contributed by atoms with Crippen LogP contribution >= 0.6 is 11.3 Å². The number of benzene rings is 2. The summed E-state index contributed by atoms with van der Waals surface area (Å²) in [5, 5.41) is 16.4. The molecular formula is C23H23N5O4S. The summed E-state index contributed by atoms with van der Waals surface area (Å²) < 4.78 is 17.7. The monoisotopic (exact) mass is 465 g/mol. The van der Waals surface area contributed by atoms with Crippen molar-refractivity contribution < 1.29 is 19.0 Å². The van der Waals surface area contributed by atoms with E-state index in [1.54, 1.807) is 50.9 Å². The first-order chi connectivity index (χ1) is 16.0. The fourth-order valence-electron chi connectivity index (χ4n) is 3.40. The Labute approximate surface area is 194 Å². The summed E-state index contributed by atoms with van der Waals surface area (Å²) in [5.74, 6) is 1.32. The molecule has 1 amide bonds. The lowest BCUT2D eigenvalue weighted by molar-refractivity contribution is 0.0951. The molecule has 0 radical (unpaired) electrons. The largest absolute Gasteiger partial charge is 0.493 e. The van der Waals surface area contributed by atoms with Gasteiger partial charge < -0.3 is 19.5 Å². The molecule has 0 bridgehead atoms. The molecule has 1 N–H and O–H groups in total. The SMILES string of the molecule is COc1cc(CNC(=O)c2cc(-c3cc(C)cs3)cc(-n3cnnn3)c2)cc(OC)c1OC. The molecule has 0 aliphatic rings. The van der Waals surface area contributed by atoms with Crippen molar-refractivity contribution in [1.29, 1.82) is 0 Å². The first-order valence-electron chi connectivity index (χ1n) is 10.0. The van der Waals surface area contributed by atoms with Crippen LogP contribution in [0.1, 0.15) is 21.5 Å². The summed E-state index contributed by atoms with van der Waals surface area (Å²) in [5.41, 5.74) is 4.08. The van der Waals surface area contributed by atoms with Gasteiger partial charge in [-0.2, -0.15) is 0 Å². The van der Waals surface area contributed by atoms with Crippen LogP contribution in [0.15, 0.2) is 48.1 Å². The number of nitrogens with one attached hydrogen (secondary N) is 1. The van der Waals surface area contributed by atoms with Gasteiger partial charge in [0.2, 0.25) is 5.75 Å². The molecular weight excluding hydrogens is 442 g/mol. The van der Waals surface area contributed by atoms with Crippen molar-refractivity contribution in [1.82, 2.24) is 25.5 Å². The van der Waals surface area contributed by atoms with Crippen molar-refractivity contribution in [3.05, 3.63) is 64.8 Å². The molecule has 0 spiro atoms. The molecule has 10 heteroatoms. The number of thiophene rings is 1. The average Bonchev–Trinajstić information content (AvgIpc) is 3.53. The number of hydrogen-bond acceptors (Lipinski definition) is 8. The van der Waals surface area contributed by atoms with Crippen molar-refractivity contribution in [2.75, 3.05) is 21.3 Å². The molecule has 0 saturated carbocycles. The van der Waals surface area contributed by atoms with Crippen LogP contribution in [0.2, 0.25) is 0 Å². The second-order valence-corrected chi connectivity index (χ2v) is 8.14. The Hall–Kier alpha value is -3.92. The van der Waals surface area contributed by atoms with Gasteiger partial charge in [-0.1, -0.05) is 0 Å². The van der Waals surface area contributed by atoms with Crippen molar-refractivity contribution in [2.45, 2.75) is 13.5 Å². The molecule has 4 aromatic rings. The van der Waals surface area contributed by atoms with E-state index in [-0.39, 0.29) is 12.5 Å². The smallest absolute Gasteiger partial charge is 0.251 e. The van der Waals surface area contributed by atoms with Gasteiger partial charge in [0.25, 0.3) is 5.91 Å². The standard InChI is InChI=1S/C23H23N5O4S/c1-14-5-21(33-12-14)16-8-17(10-18(9-16)28-13-25-26-27-28)23(29)24-11-15-6-19(30-2)22(32-4)20(7-15)31-3/h5-10,12-13H,11H2,1-4H3,(H,24,29). The topological polar surface area (TPSA) is 100 Å². The van der Waals surface area contributed by atoms with Gasteiger partial charge in [0, 0.05) is 17.0 Å². The number of methoxy groups -OCH3 is 3. The van der Waals surface area contributed by atoms with Crippen LogP contribution in [0, 0.1) is 6.92 Å². The molecule has 0 saturated heterocycles. The first-order valence-corrected chi connectivity index (χ1v) is 10.9. The van der Waals surface area contributed by atoms with Gasteiger partial charge in [-0.15, -0.1) is 16.4 Å². The fourth-order valence-corrected chi connectivity index (χ4v) is 4.29. The maximum atomic E-state index is 13.1. The van der Waals surface area contributed by atoms with Crippen molar-refractivity contribution in [2.24, 2.45) is 0 Å². The van der Waals surface area contributed by atoms with Crippen LogP contribution in [-0.2, 0) is 6.54 Å². The van der Waals surface area contributed by atoms with E-state index in [1.807, 2.05) is 19.1 Å². The van der Waals surface area contributed by atoms with Crippen LogP contribution in [0.3, 0.4) is 0 Å². The zero-order valence-corrected chi connectivity index (χ0v) is 19.5. The summed E-state index contributed by atoms with van der Waals surface area (Å²) in [6, 6.07) is 11.3. The van der Waals surface area contributed by atoms with Crippen molar-refractivity contribution in [3.63, 3.8) is 0 Å². The zero-order valence-electron chi connectivity index (χ0n) is 18.7. The number of hydrogen-bond donors (Lipinski definition) is 1. The van der Waals surface area contributed by atoms with E-state index in [2.05, 4.69) is 32.3 Å². The van der Waals surface area contributed by atoms with Crippen LogP contribution in [0.25, 0.3) is 16.1 Å². The zero-order chi connectivity index (χ0) is 23.4. The molecule has 2 aromatic heterocycles. The van der Waals surface area contributed by atoms with Crippen LogP contribution < -0.4 is 19.5 Å². The molecule has 0 aliphatic heterocycles. The van der Waals surface area contributed by atoms with E-state index in [0.717, 1.165) is 21.6 Å². The molecule has 33 heavy (non-hydrogen) atoms. The number of aryl methyl sites for hydroxylation is 1. The molecule has 2 heterocycles. The number of tetrazole rings is 1. The molecule has 0 atom stereocenters. The number of carbonyl (C=O) groups is 1. The minimum absolute atomic E-state index is 0.229. The predicted molar refractivity (Wildman–Crippen MR) is 124 cm³/mol. The predicted octanol–water partition coefficient (Wildman–Crippen LogP) is 3.66. The second-order valence-electron chi connectivity index (χ2n) is 7.23. The highest BCUT2D eigenvalue weighted by Gasteiger charge is 2.16. The number of amides is 1. The van der Waals surface area contributed by atoms with Crippen LogP contribution in [0.5, 0.6) is 17.2 Å². The minimum atomic E-state index is -0.229. The highest BCUT2D eigenvalue weighted by atomic mass is 32.1. The maximum absolute atomic E-state index is 13.1. The Morgan fingerprint density at radius 1 is 1.03 bits per heavy atom. The van der Waals surface area contributed by atoms with E-state index in [1.165, 1.54) is 11.0 Å². The van der Waals surface area contributed by atoms with Crippen molar-refractivity contribution >= 4 is 17.2 Å². The van der Waals surface area contributed by atoms with Gasteiger partial charge in [-0.25, -0.2) is 4.68 Å². The Balaban J connectivity index is 1.62. The number of rotatable bonds is 8. The molecule has 2 aromatic carbocycles. The van der Waals surface area contributed by atoms with Crippen molar-refractivity contribution in [3.8, 4) is 33.4 Å². The molecule has 0 unspecified atom stereocenters. The average molecular weight is 466 g/mol. The fraction of sp³-hybridized carbons (Fsp3) is 0.217. The lowest BCUT2D eigenvalue weighted by atomic mass is 10.1. The highest BCUT2D eigenvalue weighted by molar-refractivity contribution is 7.13. The summed E-state index contributed by atoms with van der Waals surface area (Å²) in [6.07, 6.45) is 1.50. The Morgan fingerprint density at radius 3 is 2.36 bits per heavy atom. The Kier molecular flexibility index (Phi) is 6.55. The minimum Gasteiger partial charge on any atom is -0.493 e. The maximum Gasteiger partial charge on any atom is 0.251 e. The van der Waals surface area contributed by atoms with E-state index in [4.69, 9.17) is 14.2 Å². The third kappa shape index (κ3) is 4.80. The van der Waals surface area contributed by atoms with Gasteiger partial charge >= 0.3 is 0 Å². The third-order valence-corrected chi connectivity index (χ3v) is 6.08. The summed E-state index contributed by atoms with van der Waals surface area (Å²) in [6.45, 7) is 2.31. The second kappa shape index (κ2) is 9.70. The highest BCUT2D eigenvalue weighted by Crippen LogP contribution is 2.38. The van der Waals surface area contributed by atoms with Gasteiger partial charge in [0.15, 0.2) is 11.5 Å². The molecule has 4 rings (SSSR count). The first kappa shape index (κ1) is 22.3. The van der Waals surface area contributed by atoms with Crippen LogP contribution in [-0.4, -0.2) is 47.4 Å². The molecule has 170 valence electrons. The van der Waals surface area contributed by atoms with E-state index in [9.17, 15) is 4.79 Å². The van der Waals surface area contributed by atoms with E-state index in [0.29, 0.717) is 28.5 Å². The lowest BCUT2D eigenvalue weighted by Gasteiger charge is -2.15. The lowest BCUT2D eigenvalue weighted by Crippen LogP contribution is -2.23. The van der Waals surface area contributed by atoms with Crippen LogP contribution in [0.4, 0.5) is 0 Å². The van der Waals surface area contributed by atoms with Gasteiger partial charge in [0.1, 0.15) is 6.33 Å². The number of aromatic nitrogens is 4. The van der Waals surface area contributed by atoms with Gasteiger partial charge in [-0.3, -0.25) is 4.79 Å². The quantitative estimate of drug-likeness (QED) is 0.424. The Morgan fingerprint density at radius 2 is 1.79 bits per heavy atom. The molecule has 0 aliphatic carbocycles. The van der Waals surface area contributed by atoms with Gasteiger partial charge in [0.05, 0.1) is 27.0 Å². The number of ether oxygens (including phenoxy) is 3. The number of carbonyl (C=O) groups excluding carboxylic acids is 1. The number of nitrogens with zero attached hydrogens (tertiary/aromatic N) is 4. The van der Waals surface area contributed by atoms with E-state index < -0.39 is 0 Å². The van der Waals surface area contributed by atoms with E-state index >= 15 is 0 Å². The molecule has 0 fully saturated rings. The summed E-state index contributed by atoms with van der Waals surface area (Å²) in [7, 11) is 4.65. The third-order valence-electron chi connectivity index (χ3n) is 4.99. The normalized spacial score (nSPS) is 10.7. The summed E-state index contributed by atoms with van der Waals surface area (Å²) >= 11 is 1.62.